The molecule has 84 valence electrons. The molecule has 1 atom stereocenters. The highest BCUT2D eigenvalue weighted by molar-refractivity contribution is 5.76. The van der Waals surface area contributed by atoms with E-state index in [1.165, 1.54) is 0 Å². The first-order chi connectivity index (χ1) is 7.77. The number of nitrogens with one attached hydrogen (secondary N) is 1. The molecule has 1 N–H and O–H groups in total. The van der Waals surface area contributed by atoms with Crippen LogP contribution in [-0.4, -0.2) is 10.9 Å². The Morgan fingerprint density at radius 2 is 2.44 bits per heavy atom. The van der Waals surface area contributed by atoms with E-state index in [2.05, 4.69) is 10.3 Å². The van der Waals surface area contributed by atoms with Gasteiger partial charge in [0.1, 0.15) is 0 Å². The molecule has 1 rings (SSSR count). The Morgan fingerprint density at radius 1 is 1.62 bits per heavy atom. The van der Waals surface area contributed by atoms with Gasteiger partial charge >= 0.3 is 0 Å². The van der Waals surface area contributed by atoms with Crippen molar-refractivity contribution in [2.24, 2.45) is 0 Å². The molecule has 1 unspecified atom stereocenters. The molecule has 0 radical (unpaired) electrons. The molecule has 16 heavy (non-hydrogen) atoms. The molecular formula is C12H15N3O. The van der Waals surface area contributed by atoms with Crippen molar-refractivity contribution in [2.45, 2.75) is 32.2 Å². The lowest BCUT2D eigenvalue weighted by atomic mass is 10.2. The summed E-state index contributed by atoms with van der Waals surface area (Å²) in [5.74, 6) is -0.0981. The summed E-state index contributed by atoms with van der Waals surface area (Å²) in [7, 11) is 0. The van der Waals surface area contributed by atoms with E-state index >= 15 is 0 Å². The fourth-order valence-corrected chi connectivity index (χ4v) is 1.29. The number of pyridine rings is 1. The van der Waals surface area contributed by atoms with Crippen molar-refractivity contribution in [3.63, 3.8) is 0 Å². The molecule has 0 saturated heterocycles. The predicted molar refractivity (Wildman–Crippen MR) is 60.3 cm³/mol. The van der Waals surface area contributed by atoms with Gasteiger partial charge in [0, 0.05) is 12.6 Å². The number of nitriles is 1. The molecule has 4 heteroatoms. The summed E-state index contributed by atoms with van der Waals surface area (Å²) in [6.45, 7) is 2.02. The van der Waals surface area contributed by atoms with Gasteiger partial charge in [-0.05, 0) is 18.6 Å². The Bertz CT molecular complexity index is 370. The van der Waals surface area contributed by atoms with Crippen molar-refractivity contribution < 1.29 is 4.79 Å². The minimum atomic E-state index is -0.648. The maximum Gasteiger partial charge on any atom is 0.221 e. The standard InChI is InChI=1S/C12H15N3O/c1-2-3-7-12(16)15-11(9-13)10-6-4-5-8-14-10/h4-6,8,11H,2-3,7H2,1H3,(H,15,16). The molecule has 1 heterocycles. The van der Waals surface area contributed by atoms with Gasteiger partial charge in [-0.15, -0.1) is 0 Å². The van der Waals surface area contributed by atoms with Gasteiger partial charge in [-0.25, -0.2) is 0 Å². The van der Waals surface area contributed by atoms with Crippen molar-refractivity contribution >= 4 is 5.91 Å². The van der Waals surface area contributed by atoms with E-state index in [-0.39, 0.29) is 5.91 Å². The Hall–Kier alpha value is -1.89. The molecule has 0 aliphatic carbocycles. The molecule has 0 aliphatic heterocycles. The summed E-state index contributed by atoms with van der Waals surface area (Å²) in [5, 5.41) is 11.6. The summed E-state index contributed by atoms with van der Waals surface area (Å²) < 4.78 is 0. The van der Waals surface area contributed by atoms with Crippen LogP contribution in [0, 0.1) is 11.3 Å². The fourth-order valence-electron chi connectivity index (χ4n) is 1.29. The highest BCUT2D eigenvalue weighted by atomic mass is 16.1. The topological polar surface area (TPSA) is 65.8 Å². The van der Waals surface area contributed by atoms with Crippen LogP contribution in [0.5, 0.6) is 0 Å². The van der Waals surface area contributed by atoms with Crippen molar-refractivity contribution in [3.05, 3.63) is 30.1 Å². The second kappa shape index (κ2) is 6.57. The number of hydrogen-bond donors (Lipinski definition) is 1. The largest absolute Gasteiger partial charge is 0.335 e. The van der Waals surface area contributed by atoms with Crippen molar-refractivity contribution in [1.29, 1.82) is 5.26 Å². The Labute approximate surface area is 95.3 Å². The molecule has 0 spiro atoms. The first-order valence-electron chi connectivity index (χ1n) is 5.37. The van der Waals surface area contributed by atoms with E-state index in [0.717, 1.165) is 12.8 Å². The zero-order chi connectivity index (χ0) is 11.8. The van der Waals surface area contributed by atoms with Crippen molar-refractivity contribution in [1.82, 2.24) is 10.3 Å². The SMILES string of the molecule is CCCCC(=O)NC(C#N)c1ccccn1. The van der Waals surface area contributed by atoms with Crippen LogP contribution in [-0.2, 0) is 4.79 Å². The molecule has 1 aromatic rings. The third-order valence-electron chi connectivity index (χ3n) is 2.18. The molecule has 0 saturated carbocycles. The zero-order valence-electron chi connectivity index (χ0n) is 9.31. The van der Waals surface area contributed by atoms with E-state index in [1.54, 1.807) is 24.4 Å². The van der Waals surface area contributed by atoms with Crippen LogP contribution in [0.15, 0.2) is 24.4 Å². The average Bonchev–Trinajstić information content (AvgIpc) is 2.34. The molecule has 0 fully saturated rings. The van der Waals surface area contributed by atoms with Gasteiger partial charge in [-0.3, -0.25) is 9.78 Å². The molecule has 1 aromatic heterocycles. The zero-order valence-corrected chi connectivity index (χ0v) is 9.31. The Balaban J connectivity index is 2.57. The van der Waals surface area contributed by atoms with Gasteiger partial charge in [0.2, 0.25) is 5.91 Å². The molecule has 1 amide bonds. The van der Waals surface area contributed by atoms with E-state index < -0.39 is 6.04 Å². The fraction of sp³-hybridized carbons (Fsp3) is 0.417. The van der Waals surface area contributed by atoms with Crippen LogP contribution in [0.1, 0.15) is 37.9 Å². The van der Waals surface area contributed by atoms with Crippen LogP contribution in [0.2, 0.25) is 0 Å². The van der Waals surface area contributed by atoms with Crippen LogP contribution in [0.25, 0.3) is 0 Å². The lowest BCUT2D eigenvalue weighted by Gasteiger charge is -2.10. The van der Waals surface area contributed by atoms with E-state index in [1.807, 2.05) is 13.0 Å². The second-order valence-corrected chi connectivity index (χ2v) is 3.49. The van der Waals surface area contributed by atoms with Crippen LogP contribution in [0.4, 0.5) is 0 Å². The van der Waals surface area contributed by atoms with Gasteiger partial charge in [-0.1, -0.05) is 19.4 Å². The Morgan fingerprint density at radius 3 is 3.00 bits per heavy atom. The molecule has 0 aromatic carbocycles. The highest BCUT2D eigenvalue weighted by Gasteiger charge is 2.13. The monoisotopic (exact) mass is 217 g/mol. The van der Waals surface area contributed by atoms with E-state index in [9.17, 15) is 4.79 Å². The molecular weight excluding hydrogens is 202 g/mol. The second-order valence-electron chi connectivity index (χ2n) is 3.49. The Kier molecular flexibility index (Phi) is 5.00. The number of amides is 1. The van der Waals surface area contributed by atoms with Crippen molar-refractivity contribution in [3.8, 4) is 6.07 Å². The number of unbranched alkanes of at least 4 members (excludes halogenated alkanes) is 1. The van der Waals surface area contributed by atoms with Gasteiger partial charge in [0.05, 0.1) is 11.8 Å². The van der Waals surface area contributed by atoms with Crippen molar-refractivity contribution in [2.75, 3.05) is 0 Å². The summed E-state index contributed by atoms with van der Waals surface area (Å²) in [6.07, 6.45) is 3.87. The van der Waals surface area contributed by atoms with E-state index in [0.29, 0.717) is 12.1 Å². The molecule has 0 bridgehead atoms. The molecule has 0 aliphatic rings. The summed E-state index contributed by atoms with van der Waals surface area (Å²) in [6, 6.07) is 6.68. The number of rotatable bonds is 5. The lowest BCUT2D eigenvalue weighted by Crippen LogP contribution is -2.27. The van der Waals surface area contributed by atoms with Gasteiger partial charge in [0.25, 0.3) is 0 Å². The smallest absolute Gasteiger partial charge is 0.221 e. The predicted octanol–water partition coefficient (Wildman–Crippen LogP) is 1.95. The van der Waals surface area contributed by atoms with E-state index in [4.69, 9.17) is 5.26 Å². The van der Waals surface area contributed by atoms with Crippen LogP contribution in [0.3, 0.4) is 0 Å². The number of nitrogens with zero attached hydrogens (tertiary/aromatic N) is 2. The average molecular weight is 217 g/mol. The first-order valence-corrected chi connectivity index (χ1v) is 5.37. The lowest BCUT2D eigenvalue weighted by molar-refractivity contribution is -0.121. The van der Waals surface area contributed by atoms with Crippen LogP contribution >= 0.6 is 0 Å². The third-order valence-corrected chi connectivity index (χ3v) is 2.18. The minimum Gasteiger partial charge on any atom is -0.335 e. The number of aromatic nitrogens is 1. The third kappa shape index (κ3) is 3.70. The number of carbonyl (C=O) groups excluding carboxylic acids is 1. The number of hydrogen-bond acceptors (Lipinski definition) is 3. The maximum absolute atomic E-state index is 11.5. The normalized spacial score (nSPS) is 11.5. The van der Waals surface area contributed by atoms with Gasteiger partial charge in [-0.2, -0.15) is 5.26 Å². The molecule has 4 nitrogen and oxygen atoms in total. The number of carbonyl (C=O) groups is 1. The minimum absolute atomic E-state index is 0.0981. The van der Waals surface area contributed by atoms with Gasteiger partial charge in [0.15, 0.2) is 6.04 Å². The summed E-state index contributed by atoms with van der Waals surface area (Å²) in [5.41, 5.74) is 0.579. The maximum atomic E-state index is 11.5. The highest BCUT2D eigenvalue weighted by Crippen LogP contribution is 2.08. The summed E-state index contributed by atoms with van der Waals surface area (Å²) >= 11 is 0. The van der Waals surface area contributed by atoms with Gasteiger partial charge < -0.3 is 5.32 Å². The van der Waals surface area contributed by atoms with Crippen LogP contribution < -0.4 is 5.32 Å². The summed E-state index contributed by atoms with van der Waals surface area (Å²) in [4.78, 5) is 15.5. The quantitative estimate of drug-likeness (QED) is 0.819. The first kappa shape index (κ1) is 12.2.